The van der Waals surface area contributed by atoms with Crippen molar-refractivity contribution < 1.29 is 9.72 Å². The Labute approximate surface area is 117 Å². The predicted molar refractivity (Wildman–Crippen MR) is 74.7 cm³/mol. The zero-order valence-electron chi connectivity index (χ0n) is 11.6. The molecule has 1 amide bonds. The minimum absolute atomic E-state index is 0.103. The minimum Gasteiger partial charge on any atom is -0.373 e. The Bertz CT molecular complexity index is 532. The number of aromatic nitrogens is 1. The number of hydrogen-bond donors (Lipinski definition) is 1. The van der Waals surface area contributed by atoms with Gasteiger partial charge in [0.1, 0.15) is 17.6 Å². The summed E-state index contributed by atoms with van der Waals surface area (Å²) in [5, 5.41) is 13.8. The Kier molecular flexibility index (Phi) is 4.16. The topological polar surface area (TPSA) is 88.4 Å². The SMILES string of the molecule is CCC1CCN(C(=O)c2cc(NC)ncc2[N+](=O)[O-])C1. The van der Waals surface area contributed by atoms with Crippen molar-refractivity contribution in [1.82, 2.24) is 9.88 Å². The first kappa shape index (κ1) is 14.2. The third-order valence-corrected chi connectivity index (χ3v) is 3.72. The molecule has 7 heteroatoms. The fourth-order valence-corrected chi connectivity index (χ4v) is 2.42. The number of pyridine rings is 1. The summed E-state index contributed by atoms with van der Waals surface area (Å²) in [5.41, 5.74) is -0.139. The molecule has 1 aliphatic rings. The summed E-state index contributed by atoms with van der Waals surface area (Å²) >= 11 is 0. The van der Waals surface area contributed by atoms with Gasteiger partial charge in [-0.3, -0.25) is 14.9 Å². The van der Waals surface area contributed by atoms with Gasteiger partial charge in [-0.2, -0.15) is 0 Å². The summed E-state index contributed by atoms with van der Waals surface area (Å²) in [6.07, 6.45) is 3.11. The molecule has 0 bridgehead atoms. The van der Waals surface area contributed by atoms with Gasteiger partial charge >= 0.3 is 0 Å². The van der Waals surface area contributed by atoms with Gasteiger partial charge in [0.15, 0.2) is 0 Å². The number of carbonyl (C=O) groups is 1. The van der Waals surface area contributed by atoms with E-state index in [2.05, 4.69) is 17.2 Å². The van der Waals surface area contributed by atoms with E-state index in [0.29, 0.717) is 24.8 Å². The Morgan fingerprint density at radius 1 is 1.65 bits per heavy atom. The average molecular weight is 278 g/mol. The van der Waals surface area contributed by atoms with Crippen molar-refractivity contribution in [2.75, 3.05) is 25.5 Å². The lowest BCUT2D eigenvalue weighted by Gasteiger charge is -2.16. The first-order chi connectivity index (χ1) is 9.56. The number of amides is 1. The quantitative estimate of drug-likeness (QED) is 0.671. The normalized spacial score (nSPS) is 18.1. The molecule has 1 aliphatic heterocycles. The fourth-order valence-electron chi connectivity index (χ4n) is 2.42. The maximum absolute atomic E-state index is 12.5. The third-order valence-electron chi connectivity index (χ3n) is 3.72. The molecule has 0 saturated carbocycles. The molecule has 1 saturated heterocycles. The lowest BCUT2D eigenvalue weighted by Crippen LogP contribution is -2.29. The van der Waals surface area contributed by atoms with E-state index in [0.717, 1.165) is 19.0 Å². The van der Waals surface area contributed by atoms with Gasteiger partial charge in [-0.25, -0.2) is 4.98 Å². The monoisotopic (exact) mass is 278 g/mol. The van der Waals surface area contributed by atoms with Gasteiger partial charge in [-0.1, -0.05) is 13.3 Å². The third kappa shape index (κ3) is 2.71. The van der Waals surface area contributed by atoms with Gasteiger partial charge in [0.2, 0.25) is 0 Å². The molecule has 1 aromatic heterocycles. The van der Waals surface area contributed by atoms with Crippen LogP contribution in [-0.2, 0) is 0 Å². The van der Waals surface area contributed by atoms with Crippen LogP contribution in [-0.4, -0.2) is 40.9 Å². The van der Waals surface area contributed by atoms with Crippen LogP contribution in [0, 0.1) is 16.0 Å². The summed E-state index contributed by atoms with van der Waals surface area (Å²) in [7, 11) is 1.66. The number of nitro groups is 1. The van der Waals surface area contributed by atoms with E-state index in [1.54, 1.807) is 11.9 Å². The maximum atomic E-state index is 12.5. The number of anilines is 1. The van der Waals surface area contributed by atoms with Crippen LogP contribution < -0.4 is 5.32 Å². The maximum Gasteiger partial charge on any atom is 0.300 e. The van der Waals surface area contributed by atoms with Crippen molar-refractivity contribution in [1.29, 1.82) is 0 Å². The molecule has 2 rings (SSSR count). The fraction of sp³-hybridized carbons (Fsp3) is 0.538. The van der Waals surface area contributed by atoms with Crippen molar-refractivity contribution in [3.63, 3.8) is 0 Å². The van der Waals surface area contributed by atoms with E-state index in [1.165, 1.54) is 6.07 Å². The van der Waals surface area contributed by atoms with Gasteiger partial charge in [-0.05, 0) is 12.3 Å². The van der Waals surface area contributed by atoms with E-state index >= 15 is 0 Å². The van der Waals surface area contributed by atoms with E-state index in [-0.39, 0.29) is 17.2 Å². The summed E-state index contributed by atoms with van der Waals surface area (Å²) in [6, 6.07) is 1.44. The second kappa shape index (κ2) is 5.85. The molecule has 0 aliphatic carbocycles. The van der Waals surface area contributed by atoms with Gasteiger partial charge in [0, 0.05) is 26.2 Å². The van der Waals surface area contributed by atoms with Crippen molar-refractivity contribution in [2.45, 2.75) is 19.8 Å². The molecule has 1 N–H and O–H groups in total. The molecule has 2 heterocycles. The zero-order chi connectivity index (χ0) is 14.7. The molecule has 1 fully saturated rings. The van der Waals surface area contributed by atoms with Gasteiger partial charge < -0.3 is 10.2 Å². The highest BCUT2D eigenvalue weighted by Crippen LogP contribution is 2.26. The zero-order valence-corrected chi connectivity index (χ0v) is 11.6. The predicted octanol–water partition coefficient (Wildman–Crippen LogP) is 1.90. The van der Waals surface area contributed by atoms with Gasteiger partial charge in [0.25, 0.3) is 11.6 Å². The number of rotatable bonds is 4. The number of carbonyl (C=O) groups excluding carboxylic acids is 1. The second-order valence-corrected chi connectivity index (χ2v) is 4.91. The minimum atomic E-state index is -0.562. The van der Waals surface area contributed by atoms with E-state index < -0.39 is 4.92 Å². The van der Waals surface area contributed by atoms with Crippen molar-refractivity contribution in [2.24, 2.45) is 5.92 Å². The molecule has 108 valence electrons. The van der Waals surface area contributed by atoms with E-state index in [9.17, 15) is 14.9 Å². The lowest BCUT2D eigenvalue weighted by atomic mass is 10.1. The number of nitrogens with one attached hydrogen (secondary N) is 1. The first-order valence-electron chi connectivity index (χ1n) is 6.68. The van der Waals surface area contributed by atoms with E-state index in [1.807, 2.05) is 0 Å². The summed E-state index contributed by atoms with van der Waals surface area (Å²) in [5.74, 6) is 0.653. The Morgan fingerprint density at radius 2 is 2.40 bits per heavy atom. The van der Waals surface area contributed by atoms with Crippen molar-refractivity contribution in [3.05, 3.63) is 27.9 Å². The summed E-state index contributed by atoms with van der Waals surface area (Å²) in [6.45, 7) is 3.42. The Hall–Kier alpha value is -2.18. The number of likely N-dealkylation sites (tertiary alicyclic amines) is 1. The van der Waals surface area contributed by atoms with Crippen molar-refractivity contribution >= 4 is 17.4 Å². The Morgan fingerprint density at radius 3 is 2.95 bits per heavy atom. The molecule has 0 radical (unpaired) electrons. The van der Waals surface area contributed by atoms with Crippen LogP contribution in [0.15, 0.2) is 12.3 Å². The molecule has 20 heavy (non-hydrogen) atoms. The highest BCUT2D eigenvalue weighted by atomic mass is 16.6. The largest absolute Gasteiger partial charge is 0.373 e. The van der Waals surface area contributed by atoms with E-state index in [4.69, 9.17) is 0 Å². The molecular formula is C13H18N4O3. The van der Waals surface area contributed by atoms with Crippen molar-refractivity contribution in [3.8, 4) is 0 Å². The van der Waals surface area contributed by atoms with Crippen LogP contribution in [0.2, 0.25) is 0 Å². The average Bonchev–Trinajstić information content (AvgIpc) is 2.94. The number of nitrogens with zero attached hydrogens (tertiary/aromatic N) is 3. The van der Waals surface area contributed by atoms with Crippen LogP contribution >= 0.6 is 0 Å². The van der Waals surface area contributed by atoms with Gasteiger partial charge in [-0.15, -0.1) is 0 Å². The smallest absolute Gasteiger partial charge is 0.300 e. The van der Waals surface area contributed by atoms with Crippen LogP contribution in [0.4, 0.5) is 11.5 Å². The first-order valence-corrected chi connectivity index (χ1v) is 6.68. The summed E-state index contributed by atoms with van der Waals surface area (Å²) < 4.78 is 0. The summed E-state index contributed by atoms with van der Waals surface area (Å²) in [4.78, 5) is 28.5. The van der Waals surface area contributed by atoms with Crippen LogP contribution in [0.5, 0.6) is 0 Å². The standard InChI is InChI=1S/C13H18N4O3/c1-3-9-4-5-16(8-9)13(18)10-6-12(14-2)15-7-11(10)17(19)20/h6-7,9H,3-5,8H2,1-2H3,(H,14,15). The molecular weight excluding hydrogens is 260 g/mol. The highest BCUT2D eigenvalue weighted by Gasteiger charge is 2.30. The molecule has 7 nitrogen and oxygen atoms in total. The molecule has 0 aromatic carbocycles. The highest BCUT2D eigenvalue weighted by molar-refractivity contribution is 5.98. The van der Waals surface area contributed by atoms with Crippen LogP contribution in [0.1, 0.15) is 30.1 Å². The van der Waals surface area contributed by atoms with Gasteiger partial charge in [0.05, 0.1) is 4.92 Å². The molecule has 0 spiro atoms. The van der Waals surface area contributed by atoms with Crippen LogP contribution in [0.3, 0.4) is 0 Å². The lowest BCUT2D eigenvalue weighted by molar-refractivity contribution is -0.385. The Balaban J connectivity index is 2.30. The second-order valence-electron chi connectivity index (χ2n) is 4.91. The number of hydrogen-bond acceptors (Lipinski definition) is 5. The van der Waals surface area contributed by atoms with Crippen LogP contribution in [0.25, 0.3) is 0 Å². The molecule has 1 aromatic rings. The molecule has 1 atom stereocenters. The molecule has 1 unspecified atom stereocenters.